The van der Waals surface area contributed by atoms with E-state index in [1.165, 1.54) is 6.33 Å². The summed E-state index contributed by atoms with van der Waals surface area (Å²) in [7, 11) is 0. The third-order valence-corrected chi connectivity index (χ3v) is 2.91. The van der Waals surface area contributed by atoms with Gasteiger partial charge in [-0.3, -0.25) is 4.79 Å². The fourth-order valence-corrected chi connectivity index (χ4v) is 1.85. The van der Waals surface area contributed by atoms with E-state index in [1.54, 1.807) is 29.2 Å². The van der Waals surface area contributed by atoms with Crippen molar-refractivity contribution in [3.8, 4) is 5.69 Å². The molecule has 21 heavy (non-hydrogen) atoms. The molecular formula is C14H18ClN5O. The molecule has 7 heteroatoms. The van der Waals surface area contributed by atoms with Crippen LogP contribution in [0.1, 0.15) is 20.8 Å². The Morgan fingerprint density at radius 2 is 2.14 bits per heavy atom. The van der Waals surface area contributed by atoms with E-state index in [0.717, 1.165) is 0 Å². The van der Waals surface area contributed by atoms with Gasteiger partial charge >= 0.3 is 0 Å². The number of halogens is 1. The molecule has 0 saturated heterocycles. The van der Waals surface area contributed by atoms with Crippen molar-refractivity contribution in [3.63, 3.8) is 0 Å². The maximum atomic E-state index is 12.0. The quantitative estimate of drug-likeness (QED) is 0.909. The molecule has 2 rings (SSSR count). The number of benzene rings is 1. The molecule has 1 aromatic carbocycles. The van der Waals surface area contributed by atoms with Crippen LogP contribution in [-0.4, -0.2) is 32.8 Å². The number of nitrogens with one attached hydrogen (secondary N) is 2. The molecular weight excluding hydrogens is 290 g/mol. The maximum Gasteiger partial charge on any atom is 0.238 e. The molecule has 0 spiro atoms. The van der Waals surface area contributed by atoms with Crippen molar-refractivity contribution in [1.82, 2.24) is 20.1 Å². The Labute approximate surface area is 128 Å². The number of hydrogen-bond donors (Lipinski definition) is 2. The zero-order valence-electron chi connectivity index (χ0n) is 12.2. The maximum absolute atomic E-state index is 12.0. The van der Waals surface area contributed by atoms with Crippen LogP contribution in [0, 0.1) is 0 Å². The van der Waals surface area contributed by atoms with Gasteiger partial charge in [0.1, 0.15) is 12.7 Å². The molecule has 0 aliphatic heterocycles. The molecule has 0 unspecified atom stereocenters. The van der Waals surface area contributed by atoms with E-state index in [1.807, 2.05) is 20.8 Å². The average Bonchev–Trinajstić information content (AvgIpc) is 2.89. The molecule has 1 aromatic heterocycles. The minimum Gasteiger partial charge on any atom is -0.323 e. The highest BCUT2D eigenvalue weighted by atomic mass is 35.5. The van der Waals surface area contributed by atoms with E-state index in [4.69, 9.17) is 11.6 Å². The molecule has 0 atom stereocenters. The predicted molar refractivity (Wildman–Crippen MR) is 82.8 cm³/mol. The molecule has 0 bridgehead atoms. The van der Waals surface area contributed by atoms with Crippen molar-refractivity contribution < 1.29 is 4.79 Å². The van der Waals surface area contributed by atoms with Crippen molar-refractivity contribution >= 4 is 23.2 Å². The molecule has 2 aromatic rings. The van der Waals surface area contributed by atoms with Crippen LogP contribution in [0.5, 0.6) is 0 Å². The van der Waals surface area contributed by atoms with Crippen molar-refractivity contribution in [1.29, 1.82) is 0 Å². The fraction of sp³-hybridized carbons (Fsp3) is 0.357. The lowest BCUT2D eigenvalue weighted by atomic mass is 10.1. The van der Waals surface area contributed by atoms with Crippen molar-refractivity contribution in [2.24, 2.45) is 0 Å². The normalized spacial score (nSPS) is 11.4. The molecule has 112 valence electrons. The second-order valence-electron chi connectivity index (χ2n) is 5.65. The summed E-state index contributed by atoms with van der Waals surface area (Å²) in [6, 6.07) is 5.21. The Morgan fingerprint density at radius 1 is 1.38 bits per heavy atom. The van der Waals surface area contributed by atoms with E-state index in [2.05, 4.69) is 20.7 Å². The number of aromatic nitrogens is 3. The first kappa shape index (κ1) is 15.5. The lowest BCUT2D eigenvalue weighted by Gasteiger charge is -2.20. The zero-order chi connectivity index (χ0) is 15.5. The minimum atomic E-state index is -0.145. The van der Waals surface area contributed by atoms with Gasteiger partial charge < -0.3 is 10.6 Å². The third kappa shape index (κ3) is 4.54. The second kappa shape index (κ2) is 6.24. The Morgan fingerprint density at radius 3 is 2.76 bits per heavy atom. The molecule has 0 aliphatic carbocycles. The fourth-order valence-electron chi connectivity index (χ4n) is 1.68. The molecule has 0 saturated carbocycles. The summed E-state index contributed by atoms with van der Waals surface area (Å²) in [5.41, 5.74) is 1.18. The first-order valence-electron chi connectivity index (χ1n) is 6.54. The summed E-state index contributed by atoms with van der Waals surface area (Å²) in [5, 5.41) is 10.6. The number of hydrogen-bond acceptors (Lipinski definition) is 4. The number of carbonyl (C=O) groups is 1. The zero-order valence-corrected chi connectivity index (χ0v) is 13.0. The van der Waals surface area contributed by atoms with E-state index < -0.39 is 0 Å². The van der Waals surface area contributed by atoms with Crippen LogP contribution in [-0.2, 0) is 4.79 Å². The number of rotatable bonds is 4. The summed E-state index contributed by atoms with van der Waals surface area (Å²) in [6.45, 7) is 6.22. The summed E-state index contributed by atoms with van der Waals surface area (Å²) >= 11 is 6.00. The number of nitrogens with zero attached hydrogens (tertiary/aromatic N) is 3. The molecule has 0 aliphatic rings. The summed E-state index contributed by atoms with van der Waals surface area (Å²) in [6.07, 6.45) is 2.99. The second-order valence-corrected chi connectivity index (χ2v) is 6.09. The van der Waals surface area contributed by atoms with E-state index in [-0.39, 0.29) is 18.0 Å². The average molecular weight is 308 g/mol. The van der Waals surface area contributed by atoms with Gasteiger partial charge in [-0.25, -0.2) is 9.67 Å². The van der Waals surface area contributed by atoms with Gasteiger partial charge in [0.15, 0.2) is 0 Å². The molecule has 1 amide bonds. The lowest BCUT2D eigenvalue weighted by molar-refractivity contribution is -0.115. The topological polar surface area (TPSA) is 71.8 Å². The standard InChI is InChI=1S/C14H18ClN5O/c1-14(2,3)17-7-13(21)19-11-6-10(15)4-5-12(11)20-9-16-8-18-20/h4-6,8-9,17H,7H2,1-3H3,(H,19,21). The number of anilines is 1. The summed E-state index contributed by atoms with van der Waals surface area (Å²) in [4.78, 5) is 15.9. The number of carbonyl (C=O) groups excluding carboxylic acids is 1. The van der Waals surface area contributed by atoms with Gasteiger partial charge in [-0.15, -0.1) is 0 Å². The molecule has 6 nitrogen and oxygen atoms in total. The van der Waals surface area contributed by atoms with Crippen LogP contribution >= 0.6 is 11.6 Å². The van der Waals surface area contributed by atoms with Gasteiger partial charge in [-0.1, -0.05) is 11.6 Å². The van der Waals surface area contributed by atoms with Crippen molar-refractivity contribution in [3.05, 3.63) is 35.9 Å². The highest BCUT2D eigenvalue weighted by Gasteiger charge is 2.13. The first-order valence-corrected chi connectivity index (χ1v) is 6.92. The van der Waals surface area contributed by atoms with Crippen LogP contribution in [0.4, 0.5) is 5.69 Å². The van der Waals surface area contributed by atoms with Gasteiger partial charge in [0.05, 0.1) is 17.9 Å². The lowest BCUT2D eigenvalue weighted by Crippen LogP contribution is -2.41. The smallest absolute Gasteiger partial charge is 0.238 e. The monoisotopic (exact) mass is 307 g/mol. The van der Waals surface area contributed by atoms with Crippen LogP contribution < -0.4 is 10.6 Å². The van der Waals surface area contributed by atoms with Gasteiger partial charge in [0.25, 0.3) is 0 Å². The van der Waals surface area contributed by atoms with E-state index in [0.29, 0.717) is 16.4 Å². The Bertz CT molecular complexity index is 619. The van der Waals surface area contributed by atoms with Crippen LogP contribution in [0.3, 0.4) is 0 Å². The molecule has 2 N–H and O–H groups in total. The SMILES string of the molecule is CC(C)(C)NCC(=O)Nc1cc(Cl)ccc1-n1cncn1. The first-order chi connectivity index (χ1) is 9.85. The van der Waals surface area contributed by atoms with Crippen LogP contribution in [0.25, 0.3) is 5.69 Å². The Balaban J connectivity index is 2.16. The van der Waals surface area contributed by atoms with Gasteiger partial charge in [-0.2, -0.15) is 5.10 Å². The third-order valence-electron chi connectivity index (χ3n) is 2.68. The van der Waals surface area contributed by atoms with Crippen molar-refractivity contribution in [2.45, 2.75) is 26.3 Å². The van der Waals surface area contributed by atoms with E-state index >= 15 is 0 Å². The highest BCUT2D eigenvalue weighted by Crippen LogP contribution is 2.23. The van der Waals surface area contributed by atoms with E-state index in [9.17, 15) is 4.79 Å². The molecule has 0 fully saturated rings. The predicted octanol–water partition coefficient (Wildman–Crippen LogP) is 2.25. The highest BCUT2D eigenvalue weighted by molar-refractivity contribution is 6.31. The van der Waals surface area contributed by atoms with Crippen LogP contribution in [0.2, 0.25) is 5.02 Å². The van der Waals surface area contributed by atoms with Crippen molar-refractivity contribution in [2.75, 3.05) is 11.9 Å². The minimum absolute atomic E-state index is 0.125. The van der Waals surface area contributed by atoms with Gasteiger partial charge in [0, 0.05) is 10.6 Å². The van der Waals surface area contributed by atoms with Crippen LogP contribution in [0.15, 0.2) is 30.9 Å². The largest absolute Gasteiger partial charge is 0.323 e. The van der Waals surface area contributed by atoms with Gasteiger partial charge in [0.2, 0.25) is 5.91 Å². The summed E-state index contributed by atoms with van der Waals surface area (Å²) < 4.78 is 1.57. The number of amides is 1. The molecule has 1 heterocycles. The summed E-state index contributed by atoms with van der Waals surface area (Å²) in [5.74, 6) is -0.145. The Hall–Kier alpha value is -1.92. The molecule has 0 radical (unpaired) electrons. The van der Waals surface area contributed by atoms with Gasteiger partial charge in [-0.05, 0) is 39.0 Å². The Kier molecular flexibility index (Phi) is 4.59.